The van der Waals surface area contributed by atoms with Crippen molar-refractivity contribution >= 4 is 11.9 Å². The van der Waals surface area contributed by atoms with Crippen LogP contribution in [0.4, 0.5) is 0 Å². The van der Waals surface area contributed by atoms with Crippen LogP contribution in [0, 0.1) is 0 Å². The van der Waals surface area contributed by atoms with Gasteiger partial charge in [-0.15, -0.1) is 0 Å². The fourth-order valence-electron chi connectivity index (χ4n) is 9.51. The average Bonchev–Trinajstić information content (AvgIpc) is 3.34. The molecule has 0 fully saturated rings. The number of rotatable bonds is 57. The molecule has 0 rings (SSSR count). The Labute approximate surface area is 424 Å². The summed E-state index contributed by atoms with van der Waals surface area (Å²) >= 11 is 0. The Morgan fingerprint density at radius 1 is 0.397 bits per heavy atom. The first kappa shape index (κ1) is 66.3. The molecule has 402 valence electrons. The Bertz CT molecular complexity index is 1060. The molecule has 0 radical (unpaired) electrons. The molecule has 0 aromatic heterocycles. The number of aliphatic hydroxyl groups is 2. The quantitative estimate of drug-likeness (QED) is 0.0321. The Balaban J connectivity index is 3.49. The predicted octanol–water partition coefficient (Wildman–Crippen LogP) is 19.0. The van der Waals surface area contributed by atoms with E-state index < -0.39 is 12.1 Å². The van der Waals surface area contributed by atoms with Crippen molar-refractivity contribution < 1.29 is 24.5 Å². The van der Waals surface area contributed by atoms with Crippen molar-refractivity contribution in [2.45, 2.75) is 347 Å². The largest absolute Gasteiger partial charge is 0.466 e. The molecule has 2 unspecified atom stereocenters. The Kier molecular flexibility index (Phi) is 56.5. The van der Waals surface area contributed by atoms with Crippen molar-refractivity contribution in [2.75, 3.05) is 13.2 Å². The van der Waals surface area contributed by atoms with Crippen molar-refractivity contribution in [1.82, 2.24) is 5.32 Å². The monoisotopic (exact) mass is 958 g/mol. The number of allylic oxidation sites excluding steroid dienone is 3. The van der Waals surface area contributed by atoms with Crippen molar-refractivity contribution in [3.63, 3.8) is 0 Å². The van der Waals surface area contributed by atoms with Gasteiger partial charge in [0.05, 0.1) is 25.4 Å². The molecular weight excluding hydrogens is 839 g/mol. The van der Waals surface area contributed by atoms with E-state index in [1.807, 2.05) is 6.08 Å². The van der Waals surface area contributed by atoms with E-state index in [0.717, 1.165) is 57.8 Å². The van der Waals surface area contributed by atoms with Crippen molar-refractivity contribution in [3.8, 4) is 0 Å². The Morgan fingerprint density at radius 3 is 1.04 bits per heavy atom. The van der Waals surface area contributed by atoms with Crippen LogP contribution < -0.4 is 5.32 Å². The second-order valence-corrected chi connectivity index (χ2v) is 21.0. The van der Waals surface area contributed by atoms with Gasteiger partial charge < -0.3 is 20.3 Å². The van der Waals surface area contributed by atoms with Crippen LogP contribution in [0.3, 0.4) is 0 Å². The topological polar surface area (TPSA) is 95.9 Å². The second kappa shape index (κ2) is 57.9. The van der Waals surface area contributed by atoms with Gasteiger partial charge >= 0.3 is 5.97 Å². The first-order chi connectivity index (χ1) is 33.5. The summed E-state index contributed by atoms with van der Waals surface area (Å²) in [6.07, 6.45) is 70.6. The molecule has 2 atom stereocenters. The van der Waals surface area contributed by atoms with Crippen molar-refractivity contribution in [1.29, 1.82) is 0 Å². The summed E-state index contributed by atoms with van der Waals surface area (Å²) in [5.41, 5.74) is 0. The summed E-state index contributed by atoms with van der Waals surface area (Å²) in [6.45, 7) is 4.88. The van der Waals surface area contributed by atoms with Gasteiger partial charge in [0.1, 0.15) is 0 Å². The molecule has 6 nitrogen and oxygen atoms in total. The van der Waals surface area contributed by atoms with Gasteiger partial charge in [-0.1, -0.05) is 289 Å². The molecule has 0 aliphatic heterocycles. The first-order valence-corrected chi connectivity index (χ1v) is 30.6. The van der Waals surface area contributed by atoms with Crippen LogP contribution in [0.2, 0.25) is 0 Å². The smallest absolute Gasteiger partial charge is 0.305 e. The lowest BCUT2D eigenvalue weighted by Crippen LogP contribution is -2.45. The maximum atomic E-state index is 12.5. The van der Waals surface area contributed by atoms with Crippen LogP contribution in [-0.4, -0.2) is 47.4 Å². The minimum Gasteiger partial charge on any atom is -0.466 e. The van der Waals surface area contributed by atoms with E-state index in [-0.39, 0.29) is 18.5 Å². The van der Waals surface area contributed by atoms with Gasteiger partial charge in [-0.05, 0) is 57.8 Å². The lowest BCUT2D eigenvalue weighted by atomic mass is 10.0. The summed E-state index contributed by atoms with van der Waals surface area (Å²) < 4.78 is 5.47. The van der Waals surface area contributed by atoms with Crippen LogP contribution in [0.5, 0.6) is 0 Å². The number of amides is 1. The number of unbranched alkanes of at least 4 members (excludes halogenated alkanes) is 44. The molecule has 0 aromatic rings. The zero-order valence-electron chi connectivity index (χ0n) is 45.9. The number of carbonyl (C=O) groups excluding carboxylic acids is 2. The molecule has 0 saturated heterocycles. The van der Waals surface area contributed by atoms with E-state index in [9.17, 15) is 19.8 Å². The van der Waals surface area contributed by atoms with Crippen LogP contribution in [-0.2, 0) is 14.3 Å². The van der Waals surface area contributed by atoms with Gasteiger partial charge in [-0.3, -0.25) is 9.59 Å². The molecule has 3 N–H and O–H groups in total. The average molecular weight is 959 g/mol. The first-order valence-electron chi connectivity index (χ1n) is 30.6. The zero-order chi connectivity index (χ0) is 49.3. The zero-order valence-corrected chi connectivity index (χ0v) is 45.9. The number of aliphatic hydroxyl groups excluding tert-OH is 2. The van der Waals surface area contributed by atoms with Crippen LogP contribution in [0.15, 0.2) is 24.3 Å². The third-order valence-corrected chi connectivity index (χ3v) is 14.2. The van der Waals surface area contributed by atoms with Crippen LogP contribution in [0.1, 0.15) is 335 Å². The van der Waals surface area contributed by atoms with E-state index >= 15 is 0 Å². The van der Waals surface area contributed by atoms with Crippen molar-refractivity contribution in [2.24, 2.45) is 0 Å². The highest BCUT2D eigenvalue weighted by molar-refractivity contribution is 5.76. The molecule has 68 heavy (non-hydrogen) atoms. The Hall–Kier alpha value is -1.66. The van der Waals surface area contributed by atoms with E-state index in [0.29, 0.717) is 19.4 Å². The third kappa shape index (κ3) is 53.7. The molecule has 1 amide bonds. The van der Waals surface area contributed by atoms with Gasteiger partial charge in [0.15, 0.2) is 0 Å². The number of hydrogen-bond acceptors (Lipinski definition) is 5. The third-order valence-electron chi connectivity index (χ3n) is 14.2. The highest BCUT2D eigenvalue weighted by atomic mass is 16.5. The molecule has 0 heterocycles. The SMILES string of the molecule is CCCCCCCCC/C=C\CCCCCCCC(=O)OCCCCCCCCCCCCCC(=O)NC(CO)C(O)/C=C/CCCCCCCCCCCCCCCCCCCCCCCC. The highest BCUT2D eigenvalue weighted by Gasteiger charge is 2.18. The summed E-state index contributed by atoms with van der Waals surface area (Å²) in [4.78, 5) is 24.6. The van der Waals surface area contributed by atoms with E-state index in [2.05, 4.69) is 31.3 Å². The van der Waals surface area contributed by atoms with Gasteiger partial charge in [-0.2, -0.15) is 0 Å². The Morgan fingerprint density at radius 2 is 0.691 bits per heavy atom. The second-order valence-electron chi connectivity index (χ2n) is 21.0. The number of carbonyl (C=O) groups is 2. The lowest BCUT2D eigenvalue weighted by Gasteiger charge is -2.20. The molecular formula is C62H119NO5. The van der Waals surface area contributed by atoms with Crippen LogP contribution >= 0.6 is 0 Å². The predicted molar refractivity (Wildman–Crippen MR) is 296 cm³/mol. The molecule has 0 saturated carbocycles. The van der Waals surface area contributed by atoms with E-state index in [4.69, 9.17) is 4.74 Å². The number of nitrogens with one attached hydrogen (secondary N) is 1. The maximum Gasteiger partial charge on any atom is 0.305 e. The maximum absolute atomic E-state index is 12.5. The normalized spacial score (nSPS) is 12.7. The van der Waals surface area contributed by atoms with Crippen LogP contribution in [0.25, 0.3) is 0 Å². The summed E-state index contributed by atoms with van der Waals surface area (Å²) in [6, 6.07) is -0.643. The van der Waals surface area contributed by atoms with Gasteiger partial charge in [-0.25, -0.2) is 0 Å². The summed E-state index contributed by atoms with van der Waals surface area (Å²) in [5.74, 6) is -0.106. The number of hydrogen-bond donors (Lipinski definition) is 3. The summed E-state index contributed by atoms with van der Waals surface area (Å²) in [7, 11) is 0. The minimum absolute atomic E-state index is 0.0219. The molecule has 6 heteroatoms. The standard InChI is InChI=1S/C62H119NO5/c1-3-5-7-9-11-13-15-17-19-21-22-23-24-25-26-27-28-29-31-34-38-42-46-50-54-60(65)59(58-64)63-61(66)55-51-47-43-39-35-33-37-41-45-49-53-57-68-62(67)56-52-48-44-40-36-32-30-20-18-16-14-12-10-8-6-4-2/h20,30,50,54,59-60,64-65H,3-19,21-29,31-49,51-53,55-58H2,1-2H3,(H,63,66)/b30-20-,54-50+. The molecule has 0 spiro atoms. The van der Waals surface area contributed by atoms with Gasteiger partial charge in [0.25, 0.3) is 0 Å². The fourth-order valence-corrected chi connectivity index (χ4v) is 9.51. The number of ether oxygens (including phenoxy) is 1. The summed E-state index contributed by atoms with van der Waals surface area (Å²) in [5, 5.41) is 23.2. The highest BCUT2D eigenvalue weighted by Crippen LogP contribution is 2.17. The molecule has 0 bridgehead atoms. The van der Waals surface area contributed by atoms with Gasteiger partial charge in [0.2, 0.25) is 5.91 Å². The lowest BCUT2D eigenvalue weighted by molar-refractivity contribution is -0.143. The van der Waals surface area contributed by atoms with Crippen molar-refractivity contribution in [3.05, 3.63) is 24.3 Å². The van der Waals surface area contributed by atoms with Gasteiger partial charge in [0, 0.05) is 12.8 Å². The molecule has 0 aromatic carbocycles. The van der Waals surface area contributed by atoms with E-state index in [1.165, 1.54) is 250 Å². The molecule has 0 aliphatic carbocycles. The fraction of sp³-hybridized carbons (Fsp3) is 0.903. The van der Waals surface area contributed by atoms with E-state index in [1.54, 1.807) is 6.08 Å². The molecule has 0 aliphatic rings. The number of esters is 1. The minimum atomic E-state index is -0.858.